The highest BCUT2D eigenvalue weighted by atomic mass is 35.5. The predicted molar refractivity (Wildman–Crippen MR) is 74.1 cm³/mol. The average Bonchev–Trinajstić information content (AvgIpc) is 2.46. The van der Waals surface area contributed by atoms with Gasteiger partial charge in [-0.15, -0.1) is 0 Å². The number of aliphatic hydroxyl groups is 2. The molecule has 0 aliphatic rings. The highest BCUT2D eigenvalue weighted by Crippen LogP contribution is 2.26. The molecule has 2 N–H and O–H groups in total. The molecule has 0 atom stereocenters. The van der Waals surface area contributed by atoms with Crippen LogP contribution in [0.4, 0.5) is 0 Å². The molecule has 0 spiro atoms. The van der Waals surface area contributed by atoms with Crippen molar-refractivity contribution in [2.24, 2.45) is 0 Å². The van der Waals surface area contributed by atoms with Crippen LogP contribution in [0.5, 0.6) is 5.75 Å². The Bertz CT molecular complexity index is 538. The van der Waals surface area contributed by atoms with Crippen LogP contribution in [0, 0.1) is 0 Å². The zero-order valence-electron chi connectivity index (χ0n) is 10.3. The van der Waals surface area contributed by atoms with E-state index in [1.165, 1.54) is 0 Å². The first kappa shape index (κ1) is 13.9. The van der Waals surface area contributed by atoms with Gasteiger partial charge >= 0.3 is 0 Å². The van der Waals surface area contributed by atoms with Crippen molar-refractivity contribution in [3.8, 4) is 5.75 Å². The van der Waals surface area contributed by atoms with Gasteiger partial charge in [0.05, 0.1) is 18.2 Å². The minimum Gasteiger partial charge on any atom is -0.487 e. The summed E-state index contributed by atoms with van der Waals surface area (Å²) in [6, 6.07) is 12.7. The van der Waals surface area contributed by atoms with Gasteiger partial charge in [0.2, 0.25) is 0 Å². The molecule has 4 heteroatoms. The van der Waals surface area contributed by atoms with Crippen molar-refractivity contribution < 1.29 is 14.9 Å². The monoisotopic (exact) mass is 278 g/mol. The lowest BCUT2D eigenvalue weighted by Crippen LogP contribution is -1.97. The maximum absolute atomic E-state index is 8.99. The summed E-state index contributed by atoms with van der Waals surface area (Å²) in [5.41, 5.74) is 2.62. The number of halogens is 1. The predicted octanol–water partition coefficient (Wildman–Crippen LogP) is 2.90. The second-order valence-corrected chi connectivity index (χ2v) is 4.59. The molecule has 2 aromatic rings. The van der Waals surface area contributed by atoms with Crippen molar-refractivity contribution in [2.45, 2.75) is 19.8 Å². The van der Waals surface area contributed by atoms with Gasteiger partial charge in [-0.2, -0.15) is 0 Å². The Labute approximate surface area is 117 Å². The third kappa shape index (κ3) is 3.70. The fourth-order valence-electron chi connectivity index (χ4n) is 1.66. The molecule has 0 aliphatic heterocycles. The number of benzene rings is 2. The Morgan fingerprint density at radius 2 is 1.42 bits per heavy atom. The van der Waals surface area contributed by atoms with Crippen molar-refractivity contribution in [3.63, 3.8) is 0 Å². The topological polar surface area (TPSA) is 49.7 Å². The minimum absolute atomic E-state index is 0.0373. The maximum atomic E-state index is 8.99. The molecule has 0 fully saturated rings. The zero-order valence-corrected chi connectivity index (χ0v) is 11.1. The van der Waals surface area contributed by atoms with E-state index >= 15 is 0 Å². The third-order valence-electron chi connectivity index (χ3n) is 2.78. The zero-order chi connectivity index (χ0) is 13.7. The summed E-state index contributed by atoms with van der Waals surface area (Å²) in [4.78, 5) is 0. The van der Waals surface area contributed by atoms with Crippen LogP contribution in [0.3, 0.4) is 0 Å². The Balaban J connectivity index is 2.01. The minimum atomic E-state index is -0.0391. The van der Waals surface area contributed by atoms with E-state index < -0.39 is 0 Å². The van der Waals surface area contributed by atoms with Crippen LogP contribution in [0.2, 0.25) is 5.02 Å². The second-order valence-electron chi connectivity index (χ2n) is 4.19. The summed E-state index contributed by atoms with van der Waals surface area (Å²) >= 11 is 6.05. The van der Waals surface area contributed by atoms with Gasteiger partial charge in [-0.25, -0.2) is 0 Å². The molecule has 0 heterocycles. The Morgan fingerprint density at radius 1 is 0.842 bits per heavy atom. The molecule has 0 saturated carbocycles. The van der Waals surface area contributed by atoms with Gasteiger partial charge in [0.1, 0.15) is 12.4 Å². The molecule has 0 radical (unpaired) electrons. The van der Waals surface area contributed by atoms with Crippen molar-refractivity contribution in [1.29, 1.82) is 0 Å². The first-order chi connectivity index (χ1) is 9.22. The first-order valence-electron chi connectivity index (χ1n) is 5.93. The van der Waals surface area contributed by atoms with Crippen LogP contribution in [0.1, 0.15) is 16.7 Å². The fraction of sp³-hybridized carbons (Fsp3) is 0.200. The highest BCUT2D eigenvalue weighted by Gasteiger charge is 2.03. The van der Waals surface area contributed by atoms with Crippen LogP contribution < -0.4 is 4.74 Å². The molecule has 0 aromatic heterocycles. The quantitative estimate of drug-likeness (QED) is 0.884. The molecule has 0 bridgehead atoms. The normalized spacial score (nSPS) is 10.5. The summed E-state index contributed by atoms with van der Waals surface area (Å²) in [6.45, 7) is 0.405. The lowest BCUT2D eigenvalue weighted by molar-refractivity contribution is 0.280. The number of hydrogen-bond acceptors (Lipinski definition) is 3. The highest BCUT2D eigenvalue weighted by molar-refractivity contribution is 6.32. The molecule has 19 heavy (non-hydrogen) atoms. The summed E-state index contributed by atoms with van der Waals surface area (Å²) < 4.78 is 5.62. The molecule has 0 amide bonds. The fourth-order valence-corrected chi connectivity index (χ4v) is 1.92. The number of aliphatic hydroxyl groups excluding tert-OH is 2. The summed E-state index contributed by atoms with van der Waals surface area (Å²) in [5, 5.41) is 18.4. The first-order valence-corrected chi connectivity index (χ1v) is 6.31. The number of hydrogen-bond donors (Lipinski definition) is 2. The SMILES string of the molecule is OCc1ccc(COc2ccc(CO)cc2Cl)cc1. The number of rotatable bonds is 5. The van der Waals surface area contributed by atoms with E-state index in [4.69, 9.17) is 26.6 Å². The van der Waals surface area contributed by atoms with Gasteiger partial charge in [-0.05, 0) is 28.8 Å². The van der Waals surface area contributed by atoms with Gasteiger partial charge in [0.25, 0.3) is 0 Å². The maximum Gasteiger partial charge on any atom is 0.138 e. The van der Waals surface area contributed by atoms with Crippen molar-refractivity contribution in [1.82, 2.24) is 0 Å². The molecule has 100 valence electrons. The van der Waals surface area contributed by atoms with E-state index in [2.05, 4.69) is 0 Å². The van der Waals surface area contributed by atoms with E-state index in [1.807, 2.05) is 24.3 Å². The molecular weight excluding hydrogens is 264 g/mol. The summed E-state index contributed by atoms with van der Waals surface area (Å²) in [5.74, 6) is 0.588. The second kappa shape index (κ2) is 6.57. The van der Waals surface area contributed by atoms with Gasteiger partial charge in [-0.1, -0.05) is 41.9 Å². The van der Waals surface area contributed by atoms with Crippen molar-refractivity contribution in [3.05, 3.63) is 64.2 Å². The van der Waals surface area contributed by atoms with E-state index in [0.717, 1.165) is 16.7 Å². The Kier molecular flexibility index (Phi) is 4.80. The molecule has 0 aliphatic carbocycles. The van der Waals surface area contributed by atoms with E-state index in [0.29, 0.717) is 17.4 Å². The summed E-state index contributed by atoms with van der Waals surface area (Å²) in [7, 11) is 0. The van der Waals surface area contributed by atoms with Crippen LogP contribution in [0.25, 0.3) is 0 Å². The molecule has 2 rings (SSSR count). The van der Waals surface area contributed by atoms with Crippen molar-refractivity contribution >= 4 is 11.6 Å². The number of ether oxygens (including phenoxy) is 1. The Hall–Kier alpha value is -1.55. The summed E-state index contributed by atoms with van der Waals surface area (Å²) in [6.07, 6.45) is 0. The Morgan fingerprint density at radius 3 is 2.00 bits per heavy atom. The molecule has 2 aromatic carbocycles. The smallest absolute Gasteiger partial charge is 0.138 e. The van der Waals surface area contributed by atoms with Gasteiger partial charge in [0.15, 0.2) is 0 Å². The average molecular weight is 279 g/mol. The molecule has 0 saturated heterocycles. The molecular formula is C15H15ClO3. The van der Waals surface area contributed by atoms with Gasteiger partial charge in [0, 0.05) is 0 Å². The van der Waals surface area contributed by atoms with Crippen LogP contribution in [-0.2, 0) is 19.8 Å². The lowest BCUT2D eigenvalue weighted by Gasteiger charge is -2.09. The van der Waals surface area contributed by atoms with Gasteiger partial charge in [-0.3, -0.25) is 0 Å². The molecule has 3 nitrogen and oxygen atoms in total. The third-order valence-corrected chi connectivity index (χ3v) is 3.07. The molecule has 0 unspecified atom stereocenters. The van der Waals surface area contributed by atoms with E-state index in [1.54, 1.807) is 18.2 Å². The van der Waals surface area contributed by atoms with Crippen LogP contribution in [-0.4, -0.2) is 10.2 Å². The van der Waals surface area contributed by atoms with Crippen molar-refractivity contribution in [2.75, 3.05) is 0 Å². The van der Waals surface area contributed by atoms with Crippen LogP contribution >= 0.6 is 11.6 Å². The standard InChI is InChI=1S/C15H15ClO3/c16-14-7-13(9-18)5-6-15(14)19-10-12-3-1-11(8-17)2-4-12/h1-7,17-18H,8-10H2. The lowest BCUT2D eigenvalue weighted by atomic mass is 10.1. The van der Waals surface area contributed by atoms with E-state index in [9.17, 15) is 0 Å². The van der Waals surface area contributed by atoms with E-state index in [-0.39, 0.29) is 13.2 Å². The largest absolute Gasteiger partial charge is 0.487 e. The van der Waals surface area contributed by atoms with Gasteiger partial charge < -0.3 is 14.9 Å². The van der Waals surface area contributed by atoms with Crippen LogP contribution in [0.15, 0.2) is 42.5 Å².